The monoisotopic (exact) mass is 451 g/mol. The van der Waals surface area contributed by atoms with Crippen molar-refractivity contribution in [2.45, 2.75) is 39.2 Å². The number of H-pyrrole nitrogens is 1. The fourth-order valence-electron chi connectivity index (χ4n) is 4.45. The molecule has 1 aliphatic rings. The molecular formula is C25H29N3O3S. The number of aromatic nitrogens is 2. The maximum atomic E-state index is 13.1. The van der Waals surface area contributed by atoms with E-state index in [1.807, 2.05) is 24.0 Å². The number of nitrogens with zero attached hydrogens (tertiary/aromatic N) is 2. The third-order valence-corrected chi connectivity index (χ3v) is 6.77. The Morgan fingerprint density at radius 3 is 2.53 bits per heavy atom. The van der Waals surface area contributed by atoms with Crippen molar-refractivity contribution in [3.05, 3.63) is 68.7 Å². The van der Waals surface area contributed by atoms with Crippen molar-refractivity contribution < 1.29 is 9.53 Å². The molecule has 3 aromatic rings. The van der Waals surface area contributed by atoms with Gasteiger partial charge in [0.05, 0.1) is 18.0 Å². The van der Waals surface area contributed by atoms with E-state index >= 15 is 0 Å². The molecule has 0 bridgehead atoms. The van der Waals surface area contributed by atoms with Gasteiger partial charge in [0, 0.05) is 25.2 Å². The summed E-state index contributed by atoms with van der Waals surface area (Å²) in [7, 11) is 1.68. The number of piperidine rings is 1. The van der Waals surface area contributed by atoms with E-state index in [-0.39, 0.29) is 11.5 Å². The van der Waals surface area contributed by atoms with Gasteiger partial charge in [0.15, 0.2) is 4.77 Å². The molecule has 6 nitrogen and oxygen atoms in total. The lowest BCUT2D eigenvalue weighted by atomic mass is 9.90. The standard InChI is InChI=1S/C25H29N3O3S/c1-3-28-24(30)21-11-8-19(16-22(21)26-25(28)32)23(29)27-14-12-18(13-15-27)5-4-17-6-9-20(31-2)10-7-17/h6-11,16,18H,3-5,12-15H2,1-2H3,(H,26,32). The Labute approximate surface area is 192 Å². The molecule has 2 aromatic carbocycles. The molecule has 1 saturated heterocycles. The second-order valence-corrected chi connectivity index (χ2v) is 8.75. The lowest BCUT2D eigenvalue weighted by Crippen LogP contribution is -2.38. The molecule has 168 valence electrons. The molecule has 0 spiro atoms. The predicted octanol–water partition coefficient (Wildman–Crippen LogP) is 4.57. The lowest BCUT2D eigenvalue weighted by Gasteiger charge is -2.32. The number of carbonyl (C=O) groups is 1. The van der Waals surface area contributed by atoms with Gasteiger partial charge >= 0.3 is 0 Å². The van der Waals surface area contributed by atoms with Crippen LogP contribution < -0.4 is 10.3 Å². The van der Waals surface area contributed by atoms with Gasteiger partial charge in [0.2, 0.25) is 0 Å². The van der Waals surface area contributed by atoms with E-state index in [9.17, 15) is 9.59 Å². The van der Waals surface area contributed by atoms with Gasteiger partial charge in [-0.05, 0) is 86.6 Å². The first-order valence-electron chi connectivity index (χ1n) is 11.2. The van der Waals surface area contributed by atoms with Crippen LogP contribution in [0.3, 0.4) is 0 Å². The number of likely N-dealkylation sites (tertiary alicyclic amines) is 1. The van der Waals surface area contributed by atoms with Crippen LogP contribution in [0.15, 0.2) is 47.3 Å². The molecule has 0 saturated carbocycles. The Balaban J connectivity index is 1.38. The number of methoxy groups -OCH3 is 1. The zero-order valence-electron chi connectivity index (χ0n) is 18.6. The number of carbonyl (C=O) groups excluding carboxylic acids is 1. The Bertz CT molecular complexity index is 1220. The summed E-state index contributed by atoms with van der Waals surface area (Å²) >= 11 is 5.29. The Morgan fingerprint density at radius 1 is 1.16 bits per heavy atom. The molecule has 7 heteroatoms. The van der Waals surface area contributed by atoms with Crippen LogP contribution in [0.5, 0.6) is 5.75 Å². The molecular weight excluding hydrogens is 422 g/mol. The van der Waals surface area contributed by atoms with Crippen molar-refractivity contribution >= 4 is 29.0 Å². The quantitative estimate of drug-likeness (QED) is 0.558. The van der Waals surface area contributed by atoms with Crippen LogP contribution in [-0.4, -0.2) is 40.6 Å². The fraction of sp³-hybridized carbons (Fsp3) is 0.400. The van der Waals surface area contributed by atoms with Gasteiger partial charge < -0.3 is 14.6 Å². The molecule has 1 fully saturated rings. The average Bonchev–Trinajstić information content (AvgIpc) is 2.83. The maximum absolute atomic E-state index is 13.1. The molecule has 1 N–H and O–H groups in total. The summed E-state index contributed by atoms with van der Waals surface area (Å²) in [6.45, 7) is 3.92. The number of hydrogen-bond donors (Lipinski definition) is 1. The third kappa shape index (κ3) is 4.63. The van der Waals surface area contributed by atoms with Gasteiger partial charge in [0.1, 0.15) is 5.75 Å². The van der Waals surface area contributed by atoms with Crippen molar-refractivity contribution in [1.82, 2.24) is 14.5 Å². The summed E-state index contributed by atoms with van der Waals surface area (Å²) in [5, 5.41) is 0.550. The van der Waals surface area contributed by atoms with Gasteiger partial charge in [-0.2, -0.15) is 0 Å². The minimum Gasteiger partial charge on any atom is -0.497 e. The number of nitrogens with one attached hydrogen (secondary N) is 1. The van der Waals surface area contributed by atoms with E-state index in [0.29, 0.717) is 33.7 Å². The first-order chi connectivity index (χ1) is 15.5. The highest BCUT2D eigenvalue weighted by Gasteiger charge is 2.24. The van der Waals surface area contributed by atoms with Crippen LogP contribution in [0.25, 0.3) is 10.9 Å². The molecule has 1 aliphatic heterocycles. The third-order valence-electron chi connectivity index (χ3n) is 6.45. The van der Waals surface area contributed by atoms with Gasteiger partial charge in [0.25, 0.3) is 11.5 Å². The number of amides is 1. The Hall–Kier alpha value is -2.93. The minimum atomic E-state index is -0.122. The van der Waals surface area contributed by atoms with Gasteiger partial charge in [-0.25, -0.2) is 0 Å². The van der Waals surface area contributed by atoms with E-state index in [1.54, 1.807) is 25.3 Å². The van der Waals surface area contributed by atoms with E-state index in [2.05, 4.69) is 17.1 Å². The average molecular weight is 452 g/mol. The molecule has 2 heterocycles. The van der Waals surface area contributed by atoms with E-state index < -0.39 is 0 Å². The summed E-state index contributed by atoms with van der Waals surface area (Å²) in [6, 6.07) is 13.5. The van der Waals surface area contributed by atoms with Crippen molar-refractivity contribution in [2.75, 3.05) is 20.2 Å². The largest absolute Gasteiger partial charge is 0.497 e. The zero-order chi connectivity index (χ0) is 22.7. The topological polar surface area (TPSA) is 67.3 Å². The first-order valence-corrected chi connectivity index (χ1v) is 11.6. The van der Waals surface area contributed by atoms with Crippen LogP contribution in [-0.2, 0) is 13.0 Å². The number of fused-ring (bicyclic) bond motifs is 1. The molecule has 1 amide bonds. The summed E-state index contributed by atoms with van der Waals surface area (Å²) in [6.07, 6.45) is 4.20. The highest BCUT2D eigenvalue weighted by atomic mass is 32.1. The van der Waals surface area contributed by atoms with Crippen molar-refractivity contribution in [2.24, 2.45) is 5.92 Å². The molecule has 1 aromatic heterocycles. The molecule has 0 radical (unpaired) electrons. The highest BCUT2D eigenvalue weighted by Crippen LogP contribution is 2.24. The minimum absolute atomic E-state index is 0.0134. The SMILES string of the molecule is CCn1c(=S)[nH]c2cc(C(=O)N3CCC(CCc4ccc(OC)cc4)CC3)ccc2c1=O. The number of aryl methyl sites for hydroxylation is 1. The number of rotatable bonds is 6. The molecule has 0 unspecified atom stereocenters. The lowest BCUT2D eigenvalue weighted by molar-refractivity contribution is 0.0687. The normalized spacial score (nSPS) is 14.6. The first kappa shape index (κ1) is 22.3. The van der Waals surface area contributed by atoms with Crippen molar-refractivity contribution in [1.29, 1.82) is 0 Å². The van der Waals surface area contributed by atoms with Crippen molar-refractivity contribution in [3.8, 4) is 5.75 Å². The number of ether oxygens (including phenoxy) is 1. The Morgan fingerprint density at radius 2 is 1.88 bits per heavy atom. The van der Waals surface area contributed by atoms with Crippen LogP contribution in [0.2, 0.25) is 0 Å². The number of aromatic amines is 1. The molecule has 0 atom stereocenters. The maximum Gasteiger partial charge on any atom is 0.262 e. The van der Waals surface area contributed by atoms with Crippen LogP contribution >= 0.6 is 12.2 Å². The molecule has 0 aliphatic carbocycles. The van der Waals surface area contributed by atoms with Gasteiger partial charge in [-0.1, -0.05) is 12.1 Å². The van der Waals surface area contributed by atoms with E-state index in [4.69, 9.17) is 17.0 Å². The van der Waals surface area contributed by atoms with Crippen LogP contribution in [0.4, 0.5) is 0 Å². The van der Waals surface area contributed by atoms with Crippen LogP contribution in [0.1, 0.15) is 42.1 Å². The summed E-state index contributed by atoms with van der Waals surface area (Å²) in [5.74, 6) is 1.52. The Kier molecular flexibility index (Phi) is 6.74. The van der Waals surface area contributed by atoms with E-state index in [0.717, 1.165) is 44.5 Å². The van der Waals surface area contributed by atoms with Gasteiger partial charge in [-0.3, -0.25) is 14.2 Å². The van der Waals surface area contributed by atoms with Gasteiger partial charge in [-0.15, -0.1) is 0 Å². The fourth-order valence-corrected chi connectivity index (χ4v) is 4.77. The summed E-state index contributed by atoms with van der Waals surface area (Å²) in [5.41, 5.74) is 2.40. The molecule has 32 heavy (non-hydrogen) atoms. The van der Waals surface area contributed by atoms with E-state index in [1.165, 1.54) is 10.1 Å². The molecule has 4 rings (SSSR count). The van der Waals surface area contributed by atoms with Crippen LogP contribution in [0, 0.1) is 10.7 Å². The highest BCUT2D eigenvalue weighted by molar-refractivity contribution is 7.71. The zero-order valence-corrected chi connectivity index (χ0v) is 19.4. The number of benzene rings is 2. The van der Waals surface area contributed by atoms with Crippen molar-refractivity contribution in [3.63, 3.8) is 0 Å². The smallest absolute Gasteiger partial charge is 0.262 e. The second kappa shape index (κ2) is 9.69. The predicted molar refractivity (Wildman–Crippen MR) is 129 cm³/mol. The summed E-state index contributed by atoms with van der Waals surface area (Å²) < 4.78 is 7.12. The number of hydrogen-bond acceptors (Lipinski definition) is 4. The summed E-state index contributed by atoms with van der Waals surface area (Å²) in [4.78, 5) is 30.7. The second-order valence-electron chi connectivity index (χ2n) is 8.36.